The molecule has 0 spiro atoms. The number of halogens is 1. The minimum Gasteiger partial charge on any atom is -0.496 e. The van der Waals surface area contributed by atoms with Gasteiger partial charge in [-0.2, -0.15) is 10.4 Å². The van der Waals surface area contributed by atoms with Gasteiger partial charge in [-0.25, -0.2) is 4.68 Å². The van der Waals surface area contributed by atoms with Gasteiger partial charge < -0.3 is 4.74 Å². The molecule has 40 heavy (non-hydrogen) atoms. The Morgan fingerprint density at radius 2 is 1.73 bits per heavy atom. The van der Waals surface area contributed by atoms with Crippen LogP contribution in [-0.2, 0) is 16.1 Å². The van der Waals surface area contributed by atoms with Crippen molar-refractivity contribution in [1.29, 1.82) is 5.26 Å². The molecule has 0 saturated heterocycles. The van der Waals surface area contributed by atoms with Gasteiger partial charge in [0.2, 0.25) is 0 Å². The van der Waals surface area contributed by atoms with Crippen LogP contribution in [0.3, 0.4) is 0 Å². The van der Waals surface area contributed by atoms with E-state index in [0.717, 1.165) is 27.5 Å². The summed E-state index contributed by atoms with van der Waals surface area (Å²) in [6.45, 7) is 3.51. The van der Waals surface area contributed by atoms with Crippen molar-refractivity contribution < 1.29 is 14.3 Å². The lowest BCUT2D eigenvalue weighted by molar-refractivity contribution is -0.141. The zero-order valence-corrected chi connectivity index (χ0v) is 22.9. The highest BCUT2D eigenvalue weighted by Crippen LogP contribution is 2.33. The minimum absolute atomic E-state index is 0.0546. The van der Waals surface area contributed by atoms with E-state index in [1.165, 1.54) is 0 Å². The first-order chi connectivity index (χ1) is 19.3. The number of ether oxygens (including phenoxy) is 1. The number of benzene rings is 3. The summed E-state index contributed by atoms with van der Waals surface area (Å²) in [6, 6.07) is 24.4. The number of aryl methyl sites for hydroxylation is 1. The molecule has 1 aromatic heterocycles. The number of nitriles is 1. The highest BCUT2D eigenvalue weighted by Gasteiger charge is 2.36. The lowest BCUT2D eigenvalue weighted by Gasteiger charge is -2.27. The quantitative estimate of drug-likeness (QED) is 0.208. The van der Waals surface area contributed by atoms with Crippen molar-refractivity contribution >= 4 is 29.5 Å². The minimum atomic E-state index is -0.645. The molecule has 5 rings (SSSR count). The molecular weight excluding hydrogens is 524 g/mol. The first kappa shape index (κ1) is 26.7. The van der Waals surface area contributed by atoms with Gasteiger partial charge in [-0.1, -0.05) is 48.0 Å². The fraction of sp³-hybridized carbons (Fsp3) is 0.125. The Kier molecular flexibility index (Phi) is 7.37. The molecule has 0 saturated carbocycles. The van der Waals surface area contributed by atoms with Gasteiger partial charge in [0.25, 0.3) is 11.8 Å². The molecule has 2 amide bonds. The van der Waals surface area contributed by atoms with Crippen molar-refractivity contribution in [2.45, 2.75) is 20.4 Å². The van der Waals surface area contributed by atoms with Crippen LogP contribution in [0.2, 0.25) is 5.02 Å². The molecule has 0 aliphatic carbocycles. The molecule has 0 atom stereocenters. The number of methoxy groups -OCH3 is 1. The van der Waals surface area contributed by atoms with Gasteiger partial charge in [-0.05, 0) is 73.0 Å². The monoisotopic (exact) mass is 548 g/mol. The summed E-state index contributed by atoms with van der Waals surface area (Å²) >= 11 is 6.33. The largest absolute Gasteiger partial charge is 0.496 e. The molecule has 0 bridgehead atoms. The molecule has 198 valence electrons. The molecule has 1 aliphatic rings. The molecule has 0 radical (unpaired) electrons. The summed E-state index contributed by atoms with van der Waals surface area (Å²) in [6.07, 6.45) is 3.53. The number of hydrogen-bond donors (Lipinski definition) is 0. The van der Waals surface area contributed by atoms with Gasteiger partial charge in [0, 0.05) is 27.9 Å². The zero-order valence-electron chi connectivity index (χ0n) is 22.2. The molecule has 3 aromatic carbocycles. The van der Waals surface area contributed by atoms with Gasteiger partial charge in [0.05, 0.1) is 25.0 Å². The Bertz CT molecular complexity index is 1750. The van der Waals surface area contributed by atoms with Crippen molar-refractivity contribution in [3.05, 3.63) is 117 Å². The van der Waals surface area contributed by atoms with E-state index >= 15 is 0 Å². The standard InChI is InChI=1S/C32H25ClN4O3/c1-20-15-22(13-14-29(20)40-3)30-24(19-37(35-30)25-10-5-4-6-11-25)16-26-21(2)27(17-34)32(39)36(31(26)38)18-23-9-7-8-12-28(23)33/h4-16,19H,18H2,1-3H3/b26-16+. The summed E-state index contributed by atoms with van der Waals surface area (Å²) in [5.41, 5.74) is 4.96. The van der Waals surface area contributed by atoms with Crippen molar-refractivity contribution in [3.8, 4) is 28.8 Å². The Morgan fingerprint density at radius 3 is 2.40 bits per heavy atom. The smallest absolute Gasteiger partial charge is 0.271 e. The second-order valence-corrected chi connectivity index (χ2v) is 9.76. The van der Waals surface area contributed by atoms with Crippen LogP contribution in [0.15, 0.2) is 95.7 Å². The molecule has 8 heteroatoms. The summed E-state index contributed by atoms with van der Waals surface area (Å²) in [5.74, 6) is -0.404. The van der Waals surface area contributed by atoms with E-state index in [1.807, 2.05) is 67.7 Å². The first-order valence-electron chi connectivity index (χ1n) is 12.5. The summed E-state index contributed by atoms with van der Waals surface area (Å²) in [7, 11) is 1.62. The predicted molar refractivity (Wildman–Crippen MR) is 154 cm³/mol. The maximum Gasteiger partial charge on any atom is 0.271 e. The topological polar surface area (TPSA) is 88.2 Å². The third-order valence-corrected chi connectivity index (χ3v) is 7.21. The molecule has 0 fully saturated rings. The van der Waals surface area contributed by atoms with Crippen LogP contribution in [0.5, 0.6) is 5.75 Å². The molecule has 4 aromatic rings. The third-order valence-electron chi connectivity index (χ3n) is 6.84. The van der Waals surface area contributed by atoms with E-state index in [4.69, 9.17) is 21.4 Å². The Balaban J connectivity index is 1.67. The first-order valence-corrected chi connectivity index (χ1v) is 12.9. The van der Waals surface area contributed by atoms with Crippen molar-refractivity contribution in [3.63, 3.8) is 0 Å². The third kappa shape index (κ3) is 4.93. The van der Waals surface area contributed by atoms with Gasteiger partial charge in [-0.3, -0.25) is 14.5 Å². The van der Waals surface area contributed by atoms with Crippen molar-refractivity contribution in [1.82, 2.24) is 14.7 Å². The number of imide groups is 1. The van der Waals surface area contributed by atoms with Crippen molar-refractivity contribution in [2.75, 3.05) is 7.11 Å². The maximum atomic E-state index is 13.8. The predicted octanol–water partition coefficient (Wildman–Crippen LogP) is 6.30. The van der Waals surface area contributed by atoms with E-state index in [2.05, 4.69) is 0 Å². The number of hydrogen-bond acceptors (Lipinski definition) is 5. The summed E-state index contributed by atoms with van der Waals surface area (Å²) in [4.78, 5) is 28.1. The van der Waals surface area contributed by atoms with E-state index < -0.39 is 11.8 Å². The second-order valence-electron chi connectivity index (χ2n) is 9.36. The number of aromatic nitrogens is 2. The van der Waals surface area contributed by atoms with Crippen LogP contribution in [0.25, 0.3) is 23.0 Å². The van der Waals surface area contributed by atoms with Gasteiger partial charge in [-0.15, -0.1) is 0 Å². The number of para-hydroxylation sites is 1. The van der Waals surface area contributed by atoms with Crippen LogP contribution >= 0.6 is 11.6 Å². The zero-order chi connectivity index (χ0) is 28.4. The Labute approximate surface area is 237 Å². The molecular formula is C32H25ClN4O3. The van der Waals surface area contributed by atoms with Crippen LogP contribution in [0.1, 0.15) is 23.6 Å². The lowest BCUT2D eigenvalue weighted by Crippen LogP contribution is -2.42. The summed E-state index contributed by atoms with van der Waals surface area (Å²) in [5, 5.41) is 15.1. The fourth-order valence-corrected chi connectivity index (χ4v) is 4.88. The van der Waals surface area contributed by atoms with Gasteiger partial charge >= 0.3 is 0 Å². The van der Waals surface area contributed by atoms with Gasteiger partial charge in [0.15, 0.2) is 0 Å². The van der Waals surface area contributed by atoms with E-state index in [-0.39, 0.29) is 17.7 Å². The van der Waals surface area contributed by atoms with Crippen molar-refractivity contribution in [2.24, 2.45) is 0 Å². The maximum absolute atomic E-state index is 13.8. The number of amides is 2. The summed E-state index contributed by atoms with van der Waals surface area (Å²) < 4.78 is 7.17. The van der Waals surface area contributed by atoms with E-state index in [1.54, 1.807) is 49.1 Å². The number of nitrogens with zero attached hydrogens (tertiary/aromatic N) is 4. The molecule has 1 aliphatic heterocycles. The highest BCUT2D eigenvalue weighted by atomic mass is 35.5. The second kappa shape index (κ2) is 11.0. The highest BCUT2D eigenvalue weighted by molar-refractivity contribution is 6.31. The molecule has 2 heterocycles. The lowest BCUT2D eigenvalue weighted by atomic mass is 9.93. The van der Waals surface area contributed by atoms with Crippen LogP contribution < -0.4 is 4.74 Å². The number of carbonyl (C=O) groups excluding carboxylic acids is 2. The molecule has 0 unspecified atom stereocenters. The normalized spacial score (nSPS) is 14.6. The van der Waals surface area contributed by atoms with E-state index in [9.17, 15) is 14.9 Å². The van der Waals surface area contributed by atoms with Crippen LogP contribution in [0.4, 0.5) is 0 Å². The van der Waals surface area contributed by atoms with Gasteiger partial charge in [0.1, 0.15) is 17.4 Å². The van der Waals surface area contributed by atoms with E-state index in [0.29, 0.717) is 27.4 Å². The Hall–Kier alpha value is -4.93. The van der Waals surface area contributed by atoms with Crippen LogP contribution in [0, 0.1) is 18.3 Å². The number of carbonyl (C=O) groups is 2. The van der Waals surface area contributed by atoms with Crippen LogP contribution in [-0.4, -0.2) is 33.6 Å². The molecule has 0 N–H and O–H groups in total. The average molecular weight is 549 g/mol. The average Bonchev–Trinajstić information content (AvgIpc) is 3.39. The Morgan fingerprint density at radius 1 is 1.00 bits per heavy atom. The SMILES string of the molecule is COc1ccc(-c2nn(-c3ccccc3)cc2/C=C2/C(=O)N(Cc3ccccc3Cl)C(=O)C(C#N)=C2C)cc1C. The fourth-order valence-electron chi connectivity index (χ4n) is 4.68. The number of rotatable bonds is 6. The molecule has 7 nitrogen and oxygen atoms in total.